The highest BCUT2D eigenvalue weighted by Crippen LogP contribution is 2.44. The van der Waals surface area contributed by atoms with E-state index in [1.54, 1.807) is 10.9 Å². The minimum atomic E-state index is -4.67. The van der Waals surface area contributed by atoms with E-state index >= 15 is 0 Å². The number of hydrogen-bond donors (Lipinski definition) is 2. The summed E-state index contributed by atoms with van der Waals surface area (Å²) in [5.74, 6) is -0.587. The van der Waals surface area contributed by atoms with E-state index < -0.39 is 53.1 Å². The van der Waals surface area contributed by atoms with Gasteiger partial charge in [-0.15, -0.1) is 0 Å². The molecule has 3 aromatic rings. The third-order valence-electron chi connectivity index (χ3n) is 7.03. The summed E-state index contributed by atoms with van der Waals surface area (Å²) in [6.07, 6.45) is -3.15. The normalized spacial score (nSPS) is 23.8. The Morgan fingerprint density at radius 1 is 1.17 bits per heavy atom. The van der Waals surface area contributed by atoms with Crippen molar-refractivity contribution in [1.82, 2.24) is 24.4 Å². The Labute approximate surface area is 238 Å². The zero-order valence-electron chi connectivity index (χ0n) is 22.5. The molecule has 16 heteroatoms. The lowest BCUT2D eigenvalue weighted by molar-refractivity contribution is -0.197. The maximum atomic E-state index is 13.3. The Kier molecular flexibility index (Phi) is 7.76. The Bertz CT molecular complexity index is 1440. The van der Waals surface area contributed by atoms with Crippen LogP contribution in [0.3, 0.4) is 0 Å². The number of urea groups is 1. The molecule has 2 aliphatic rings. The standard InChI is InChI=1S/C25H30ClF3N8O4/c1-24(2)40-18-16(39-22(19(18)41-24)37-12-34-17-20(30)32-11-33-21(17)37)10-35(3)7-4-8-36(23(31)38)13-5-6-15(26)14(9-13)25(27,28)29/h5-6,9,11-12,16,18-19,22H,4,7-8,10H2,1-3H3,(H2,31,38)(H2,30,32,33)/t16-,18-,19-,22-/m1/s1. The largest absolute Gasteiger partial charge is 0.417 e. The summed E-state index contributed by atoms with van der Waals surface area (Å²) in [5, 5.41) is -0.459. The van der Waals surface area contributed by atoms with Crippen LogP contribution in [0.5, 0.6) is 0 Å². The van der Waals surface area contributed by atoms with Gasteiger partial charge >= 0.3 is 12.2 Å². The van der Waals surface area contributed by atoms with Crippen LogP contribution in [0.1, 0.15) is 32.1 Å². The number of halogens is 4. The van der Waals surface area contributed by atoms with E-state index in [1.165, 1.54) is 12.4 Å². The monoisotopic (exact) mass is 598 g/mol. The van der Waals surface area contributed by atoms with Crippen LogP contribution in [0.25, 0.3) is 11.2 Å². The fraction of sp³-hybridized carbons (Fsp3) is 0.520. The van der Waals surface area contributed by atoms with Gasteiger partial charge in [0.25, 0.3) is 0 Å². The molecule has 2 aliphatic heterocycles. The maximum Gasteiger partial charge on any atom is 0.417 e. The van der Waals surface area contributed by atoms with Gasteiger partial charge in [0.2, 0.25) is 0 Å². The van der Waals surface area contributed by atoms with Crippen molar-refractivity contribution in [3.8, 4) is 0 Å². The number of nitrogens with zero attached hydrogens (tertiary/aromatic N) is 6. The Morgan fingerprint density at radius 2 is 1.90 bits per heavy atom. The smallest absolute Gasteiger partial charge is 0.382 e. The molecule has 2 fully saturated rings. The van der Waals surface area contributed by atoms with E-state index in [0.717, 1.165) is 17.0 Å². The van der Waals surface area contributed by atoms with Crippen molar-refractivity contribution in [1.29, 1.82) is 0 Å². The van der Waals surface area contributed by atoms with Gasteiger partial charge in [0.15, 0.2) is 23.5 Å². The number of fused-ring (bicyclic) bond motifs is 2. The number of benzene rings is 1. The van der Waals surface area contributed by atoms with Gasteiger partial charge in [-0.25, -0.2) is 19.7 Å². The van der Waals surface area contributed by atoms with Crippen molar-refractivity contribution in [2.45, 2.75) is 56.8 Å². The molecule has 12 nitrogen and oxygen atoms in total. The minimum absolute atomic E-state index is 0.0115. The number of rotatable bonds is 8. The van der Waals surface area contributed by atoms with E-state index in [9.17, 15) is 18.0 Å². The van der Waals surface area contributed by atoms with Crippen molar-refractivity contribution in [2.24, 2.45) is 5.73 Å². The number of hydrogen-bond acceptors (Lipinski definition) is 9. The van der Waals surface area contributed by atoms with E-state index in [2.05, 4.69) is 15.0 Å². The third-order valence-corrected chi connectivity index (χ3v) is 7.36. The fourth-order valence-corrected chi connectivity index (χ4v) is 5.47. The summed E-state index contributed by atoms with van der Waals surface area (Å²) in [4.78, 5) is 27.8. The predicted molar refractivity (Wildman–Crippen MR) is 143 cm³/mol. The molecule has 222 valence electrons. The number of primary amides is 1. The molecular weight excluding hydrogens is 569 g/mol. The van der Waals surface area contributed by atoms with Gasteiger partial charge in [-0.05, 0) is 52.1 Å². The van der Waals surface area contributed by atoms with Crippen LogP contribution in [0.4, 0.5) is 29.5 Å². The molecule has 0 unspecified atom stereocenters. The number of carbonyl (C=O) groups is 1. The molecule has 0 bridgehead atoms. The first kappa shape index (κ1) is 29.3. The summed E-state index contributed by atoms with van der Waals surface area (Å²) in [7, 11) is 1.87. The third kappa shape index (κ3) is 5.90. The first-order chi connectivity index (χ1) is 19.2. The molecular formula is C25H30ClF3N8O4. The van der Waals surface area contributed by atoms with Gasteiger partial charge in [-0.2, -0.15) is 13.2 Å². The number of ether oxygens (including phenoxy) is 3. The van der Waals surface area contributed by atoms with Crippen LogP contribution >= 0.6 is 11.6 Å². The number of carbonyl (C=O) groups excluding carboxylic acids is 1. The summed E-state index contributed by atoms with van der Waals surface area (Å²) < 4.78 is 60.5. The molecule has 4 N–H and O–H groups in total. The second-order valence-corrected chi connectivity index (χ2v) is 10.9. The number of amides is 2. The molecule has 2 amide bonds. The molecule has 2 saturated heterocycles. The van der Waals surface area contributed by atoms with Gasteiger partial charge < -0.3 is 30.6 Å². The summed E-state index contributed by atoms with van der Waals surface area (Å²) in [5.41, 5.74) is 11.4. The van der Waals surface area contributed by atoms with Crippen LogP contribution in [0, 0.1) is 0 Å². The van der Waals surface area contributed by atoms with Crippen molar-refractivity contribution in [3.63, 3.8) is 0 Å². The maximum absolute atomic E-state index is 13.3. The minimum Gasteiger partial charge on any atom is -0.382 e. The van der Waals surface area contributed by atoms with Crippen LogP contribution < -0.4 is 16.4 Å². The van der Waals surface area contributed by atoms with E-state index in [-0.39, 0.29) is 18.1 Å². The molecule has 41 heavy (non-hydrogen) atoms. The first-order valence-corrected chi connectivity index (χ1v) is 13.2. The van der Waals surface area contributed by atoms with E-state index in [4.69, 9.17) is 37.3 Å². The number of imidazole rings is 1. The molecule has 1 aromatic carbocycles. The number of anilines is 2. The van der Waals surface area contributed by atoms with Crippen LogP contribution in [-0.2, 0) is 20.4 Å². The SMILES string of the molecule is CN(CCCN(C(N)=O)c1ccc(Cl)c(C(F)(F)F)c1)C[C@H]1O[C@@H](n2cnc3c(N)ncnc32)[C@@H]2OC(C)(C)O[C@@H]21. The molecule has 4 heterocycles. The topological polar surface area (TPSA) is 147 Å². The quantitative estimate of drug-likeness (QED) is 0.398. The van der Waals surface area contributed by atoms with Crippen LogP contribution in [0.2, 0.25) is 5.02 Å². The number of nitrogens with two attached hydrogens (primary N) is 2. The summed E-state index contributed by atoms with van der Waals surface area (Å²) in [6, 6.07) is 2.38. The molecule has 0 saturated carbocycles. The molecule has 0 spiro atoms. The fourth-order valence-electron chi connectivity index (χ4n) is 5.25. The second kappa shape index (κ2) is 10.9. The number of nitrogen functional groups attached to an aromatic ring is 1. The van der Waals surface area contributed by atoms with Gasteiger partial charge in [-0.3, -0.25) is 9.47 Å². The summed E-state index contributed by atoms with van der Waals surface area (Å²) >= 11 is 5.72. The molecule has 4 atom stereocenters. The predicted octanol–water partition coefficient (Wildman–Crippen LogP) is 3.41. The second-order valence-electron chi connectivity index (χ2n) is 10.5. The number of likely N-dealkylation sites (N-methyl/N-ethyl adjacent to an activating group) is 1. The molecule has 2 aromatic heterocycles. The Balaban J connectivity index is 1.25. The Morgan fingerprint density at radius 3 is 2.61 bits per heavy atom. The van der Waals surface area contributed by atoms with Crippen molar-refractivity contribution in [3.05, 3.63) is 41.4 Å². The zero-order chi connectivity index (χ0) is 29.7. The molecule has 0 radical (unpaired) electrons. The van der Waals surface area contributed by atoms with Crippen molar-refractivity contribution >= 4 is 40.3 Å². The average molecular weight is 599 g/mol. The van der Waals surface area contributed by atoms with Crippen LogP contribution in [0.15, 0.2) is 30.9 Å². The van der Waals surface area contributed by atoms with Crippen molar-refractivity contribution in [2.75, 3.05) is 37.3 Å². The van der Waals surface area contributed by atoms with E-state index in [1.807, 2.05) is 25.8 Å². The van der Waals surface area contributed by atoms with Gasteiger partial charge in [0.1, 0.15) is 30.2 Å². The summed E-state index contributed by atoms with van der Waals surface area (Å²) in [6.45, 7) is 4.67. The molecule has 5 rings (SSSR count). The highest BCUT2D eigenvalue weighted by molar-refractivity contribution is 6.31. The lowest BCUT2D eigenvalue weighted by Crippen LogP contribution is -2.40. The highest BCUT2D eigenvalue weighted by atomic mass is 35.5. The van der Waals surface area contributed by atoms with Crippen LogP contribution in [-0.4, -0.2) is 81.2 Å². The Hall–Kier alpha value is -3.24. The number of aromatic nitrogens is 4. The van der Waals surface area contributed by atoms with E-state index in [0.29, 0.717) is 30.7 Å². The number of alkyl halides is 3. The zero-order valence-corrected chi connectivity index (χ0v) is 23.3. The lowest BCUT2D eigenvalue weighted by atomic mass is 10.1. The van der Waals surface area contributed by atoms with Gasteiger partial charge in [-0.1, -0.05) is 11.6 Å². The molecule has 0 aliphatic carbocycles. The van der Waals surface area contributed by atoms with Gasteiger partial charge in [0, 0.05) is 18.8 Å². The lowest BCUT2D eigenvalue weighted by Gasteiger charge is -2.28. The highest BCUT2D eigenvalue weighted by Gasteiger charge is 2.56. The average Bonchev–Trinajstić information content (AvgIpc) is 3.53. The van der Waals surface area contributed by atoms with Crippen molar-refractivity contribution < 1.29 is 32.2 Å². The van der Waals surface area contributed by atoms with Gasteiger partial charge in [0.05, 0.1) is 16.9 Å². The first-order valence-electron chi connectivity index (χ1n) is 12.8.